The highest BCUT2D eigenvalue weighted by Crippen LogP contribution is 2.18. The van der Waals surface area contributed by atoms with Crippen molar-refractivity contribution < 1.29 is 9.53 Å². The molecule has 0 bridgehead atoms. The average Bonchev–Trinajstić information content (AvgIpc) is 2.75. The van der Waals surface area contributed by atoms with Gasteiger partial charge in [0.2, 0.25) is 0 Å². The van der Waals surface area contributed by atoms with Gasteiger partial charge in [0, 0.05) is 56.6 Å². The number of hydrogen-bond donors (Lipinski definition) is 0. The van der Waals surface area contributed by atoms with Crippen LogP contribution in [0.2, 0.25) is 0 Å². The number of ether oxygens (including phenoxy) is 1. The molecule has 1 fully saturated rings. The van der Waals surface area contributed by atoms with Crippen molar-refractivity contribution in [2.45, 2.75) is 25.3 Å². The Morgan fingerprint density at radius 1 is 1.10 bits per heavy atom. The molecule has 30 heavy (non-hydrogen) atoms. The molecule has 1 aliphatic heterocycles. The van der Waals surface area contributed by atoms with Crippen molar-refractivity contribution in [3.05, 3.63) is 63.6 Å². The first-order valence-corrected chi connectivity index (χ1v) is 11.4. The highest BCUT2D eigenvalue weighted by molar-refractivity contribution is 7.99. The minimum absolute atomic E-state index is 0.203. The molecule has 0 unspecified atom stereocenters. The first-order valence-electron chi connectivity index (χ1n) is 10.4. The van der Waals surface area contributed by atoms with Crippen LogP contribution in [0.15, 0.2) is 46.2 Å². The molecule has 1 aromatic carbocycles. The Morgan fingerprint density at radius 2 is 1.80 bits per heavy atom. The number of amides is 1. The molecule has 0 radical (unpaired) electrons. The van der Waals surface area contributed by atoms with Gasteiger partial charge in [-0.2, -0.15) is 0 Å². The van der Waals surface area contributed by atoms with Crippen LogP contribution in [0.1, 0.15) is 21.5 Å². The second-order valence-corrected chi connectivity index (χ2v) is 8.88. The SMILES string of the molecule is Cc1ccc(SCCN(C)C(=O)c2c(C)ccn(CCN3CCOCC3)c2=O)cc1. The number of rotatable bonds is 8. The molecule has 0 aliphatic carbocycles. The number of aromatic nitrogens is 1. The number of aryl methyl sites for hydroxylation is 2. The van der Waals surface area contributed by atoms with Gasteiger partial charge in [-0.15, -0.1) is 11.8 Å². The van der Waals surface area contributed by atoms with Gasteiger partial charge in [0.25, 0.3) is 11.5 Å². The van der Waals surface area contributed by atoms with Crippen molar-refractivity contribution in [1.82, 2.24) is 14.4 Å². The summed E-state index contributed by atoms with van der Waals surface area (Å²) in [5, 5.41) is 0. The predicted molar refractivity (Wildman–Crippen MR) is 122 cm³/mol. The van der Waals surface area contributed by atoms with Gasteiger partial charge in [-0.05, 0) is 37.6 Å². The third-order valence-corrected chi connectivity index (χ3v) is 6.40. The highest BCUT2D eigenvalue weighted by atomic mass is 32.2. The molecule has 6 nitrogen and oxygen atoms in total. The van der Waals surface area contributed by atoms with Gasteiger partial charge >= 0.3 is 0 Å². The summed E-state index contributed by atoms with van der Waals surface area (Å²) in [6, 6.07) is 10.2. The van der Waals surface area contributed by atoms with Gasteiger partial charge in [0.05, 0.1) is 13.2 Å². The van der Waals surface area contributed by atoms with E-state index in [9.17, 15) is 9.59 Å². The molecule has 0 saturated carbocycles. The summed E-state index contributed by atoms with van der Waals surface area (Å²) in [4.78, 5) is 31.1. The zero-order valence-corrected chi connectivity index (χ0v) is 18.9. The number of morpholine rings is 1. The van der Waals surface area contributed by atoms with E-state index in [-0.39, 0.29) is 17.0 Å². The highest BCUT2D eigenvalue weighted by Gasteiger charge is 2.20. The molecule has 3 rings (SSSR count). The van der Waals surface area contributed by atoms with E-state index in [1.54, 1.807) is 34.5 Å². The molecular weight excluding hydrogens is 398 g/mol. The van der Waals surface area contributed by atoms with Crippen LogP contribution in [0.3, 0.4) is 0 Å². The van der Waals surface area contributed by atoms with Crippen molar-refractivity contribution >= 4 is 17.7 Å². The maximum atomic E-state index is 13.0. The zero-order valence-electron chi connectivity index (χ0n) is 18.1. The smallest absolute Gasteiger partial charge is 0.263 e. The standard InChI is InChI=1S/C23H31N3O3S/c1-18-4-6-20(7-5-18)30-17-14-24(3)22(27)21-19(2)8-9-26(23(21)28)11-10-25-12-15-29-16-13-25/h4-9H,10-17H2,1-3H3. The number of hydrogen-bond acceptors (Lipinski definition) is 5. The summed E-state index contributed by atoms with van der Waals surface area (Å²) >= 11 is 1.71. The maximum Gasteiger partial charge on any atom is 0.263 e. The Morgan fingerprint density at radius 3 is 2.50 bits per heavy atom. The third-order valence-electron chi connectivity index (χ3n) is 5.41. The lowest BCUT2D eigenvalue weighted by molar-refractivity contribution is 0.0362. The lowest BCUT2D eigenvalue weighted by Crippen LogP contribution is -2.40. The van der Waals surface area contributed by atoms with E-state index in [1.165, 1.54) is 10.5 Å². The van der Waals surface area contributed by atoms with Crippen molar-refractivity contribution in [1.29, 1.82) is 0 Å². The third kappa shape index (κ3) is 5.97. The van der Waals surface area contributed by atoms with Crippen molar-refractivity contribution in [3.8, 4) is 0 Å². The van der Waals surface area contributed by atoms with Crippen LogP contribution < -0.4 is 5.56 Å². The quantitative estimate of drug-likeness (QED) is 0.604. The number of carbonyl (C=O) groups is 1. The van der Waals surface area contributed by atoms with E-state index in [0.29, 0.717) is 13.1 Å². The Balaban J connectivity index is 1.60. The van der Waals surface area contributed by atoms with E-state index in [1.807, 2.05) is 13.0 Å². The second kappa shape index (κ2) is 10.8. The first-order chi connectivity index (χ1) is 14.5. The monoisotopic (exact) mass is 429 g/mol. The molecule has 1 aromatic heterocycles. The second-order valence-electron chi connectivity index (χ2n) is 7.71. The van der Waals surface area contributed by atoms with E-state index in [0.717, 1.165) is 44.2 Å². The first kappa shape index (κ1) is 22.6. The molecule has 2 heterocycles. The number of nitrogens with zero attached hydrogens (tertiary/aromatic N) is 3. The Kier molecular flexibility index (Phi) is 8.13. The molecular formula is C23H31N3O3S. The summed E-state index contributed by atoms with van der Waals surface area (Å²) < 4.78 is 7.03. The molecule has 0 N–H and O–H groups in total. The minimum Gasteiger partial charge on any atom is -0.379 e. The molecule has 0 atom stereocenters. The van der Waals surface area contributed by atoms with Crippen molar-refractivity contribution in [3.63, 3.8) is 0 Å². The van der Waals surface area contributed by atoms with Crippen LogP contribution in [0.25, 0.3) is 0 Å². The molecule has 0 spiro atoms. The van der Waals surface area contributed by atoms with Gasteiger partial charge in [-0.25, -0.2) is 0 Å². The van der Waals surface area contributed by atoms with Crippen molar-refractivity contribution in [2.75, 3.05) is 52.2 Å². The van der Waals surface area contributed by atoms with E-state index >= 15 is 0 Å². The molecule has 2 aromatic rings. The average molecular weight is 430 g/mol. The largest absolute Gasteiger partial charge is 0.379 e. The summed E-state index contributed by atoms with van der Waals surface area (Å²) in [6.07, 6.45) is 1.79. The summed E-state index contributed by atoms with van der Waals surface area (Å²) in [5.74, 6) is 0.574. The normalized spacial score (nSPS) is 14.6. The van der Waals surface area contributed by atoms with Gasteiger partial charge < -0.3 is 14.2 Å². The van der Waals surface area contributed by atoms with Crippen LogP contribution in [-0.2, 0) is 11.3 Å². The van der Waals surface area contributed by atoms with Gasteiger partial charge in [0.1, 0.15) is 5.56 Å². The number of carbonyl (C=O) groups excluding carboxylic acids is 1. The summed E-state index contributed by atoms with van der Waals surface area (Å²) in [6.45, 7) is 9.07. The molecule has 1 saturated heterocycles. The van der Waals surface area contributed by atoms with Gasteiger partial charge in [-0.1, -0.05) is 17.7 Å². The molecule has 162 valence electrons. The maximum absolute atomic E-state index is 13.0. The molecule has 1 aliphatic rings. The minimum atomic E-state index is -0.206. The summed E-state index contributed by atoms with van der Waals surface area (Å²) in [5.41, 5.74) is 2.04. The van der Waals surface area contributed by atoms with Crippen LogP contribution in [0, 0.1) is 13.8 Å². The zero-order chi connectivity index (χ0) is 21.5. The van der Waals surface area contributed by atoms with E-state index < -0.39 is 0 Å². The summed E-state index contributed by atoms with van der Waals surface area (Å²) in [7, 11) is 1.77. The molecule has 1 amide bonds. The van der Waals surface area contributed by atoms with Crippen LogP contribution in [0.5, 0.6) is 0 Å². The fourth-order valence-corrected chi connectivity index (χ4v) is 4.33. The number of benzene rings is 1. The van der Waals surface area contributed by atoms with Crippen LogP contribution in [0.4, 0.5) is 0 Å². The van der Waals surface area contributed by atoms with Gasteiger partial charge in [0.15, 0.2) is 0 Å². The lowest BCUT2D eigenvalue weighted by atomic mass is 10.1. The lowest BCUT2D eigenvalue weighted by Gasteiger charge is -2.26. The van der Waals surface area contributed by atoms with E-state index in [4.69, 9.17) is 4.74 Å². The number of pyridine rings is 1. The fourth-order valence-electron chi connectivity index (χ4n) is 3.40. The Bertz CT molecular complexity index is 905. The van der Waals surface area contributed by atoms with E-state index in [2.05, 4.69) is 36.1 Å². The van der Waals surface area contributed by atoms with Gasteiger partial charge in [-0.3, -0.25) is 14.5 Å². The topological polar surface area (TPSA) is 54.8 Å². The molecule has 7 heteroatoms. The predicted octanol–water partition coefficient (Wildman–Crippen LogP) is 2.66. The van der Waals surface area contributed by atoms with Crippen LogP contribution >= 0.6 is 11.8 Å². The Labute approximate surface area is 182 Å². The Hall–Kier alpha value is -2.09. The number of thioether (sulfide) groups is 1. The van der Waals surface area contributed by atoms with Crippen LogP contribution in [-0.4, -0.2) is 72.5 Å². The fraction of sp³-hybridized carbons (Fsp3) is 0.478. The van der Waals surface area contributed by atoms with Crippen molar-refractivity contribution in [2.24, 2.45) is 0 Å².